The quantitative estimate of drug-likeness (QED) is 0.623. The van der Waals surface area contributed by atoms with Crippen molar-refractivity contribution in [3.63, 3.8) is 0 Å². The predicted molar refractivity (Wildman–Crippen MR) is 68.2 cm³/mol. The van der Waals surface area contributed by atoms with Gasteiger partial charge in [0.2, 0.25) is 0 Å². The number of amides is 1. The summed E-state index contributed by atoms with van der Waals surface area (Å²) in [7, 11) is 0. The topological polar surface area (TPSA) is 66.9 Å². The van der Waals surface area contributed by atoms with Crippen LogP contribution in [-0.2, 0) is 4.79 Å². The Morgan fingerprint density at radius 2 is 1.71 bits per heavy atom. The lowest BCUT2D eigenvalue weighted by atomic mass is 9.93. The standard InChI is InChI=1S/C14H16N2O/c1-8-5-9(2)11(4)13(10(8)3)6-12(7-15)14(16)17/h5-6H,1-4H3,(H2,16,17). The number of benzene rings is 1. The van der Waals surface area contributed by atoms with Crippen molar-refractivity contribution < 1.29 is 4.79 Å². The molecule has 0 saturated heterocycles. The third kappa shape index (κ3) is 2.54. The number of carbonyl (C=O) groups is 1. The van der Waals surface area contributed by atoms with E-state index in [0.717, 1.165) is 27.8 Å². The fourth-order valence-corrected chi connectivity index (χ4v) is 1.77. The number of hydrogen-bond acceptors (Lipinski definition) is 2. The molecule has 0 bridgehead atoms. The zero-order chi connectivity index (χ0) is 13.2. The van der Waals surface area contributed by atoms with Gasteiger partial charge in [-0.05, 0) is 61.6 Å². The molecule has 0 saturated carbocycles. The van der Waals surface area contributed by atoms with E-state index in [1.54, 1.807) is 6.08 Å². The highest BCUT2D eigenvalue weighted by Crippen LogP contribution is 2.23. The summed E-state index contributed by atoms with van der Waals surface area (Å²) < 4.78 is 0. The fraction of sp³-hybridized carbons (Fsp3) is 0.286. The molecule has 0 unspecified atom stereocenters. The Kier molecular flexibility index (Phi) is 3.69. The Bertz CT molecular complexity index is 522. The minimum atomic E-state index is -0.689. The molecule has 1 amide bonds. The van der Waals surface area contributed by atoms with Crippen LogP contribution in [0.1, 0.15) is 27.8 Å². The van der Waals surface area contributed by atoms with Crippen molar-refractivity contribution in [3.05, 3.63) is 39.5 Å². The second-order valence-corrected chi connectivity index (χ2v) is 4.21. The maximum absolute atomic E-state index is 11.1. The molecule has 0 aliphatic rings. The number of nitriles is 1. The van der Waals surface area contributed by atoms with Gasteiger partial charge in [-0.25, -0.2) is 0 Å². The van der Waals surface area contributed by atoms with Crippen molar-refractivity contribution in [1.29, 1.82) is 5.26 Å². The normalized spacial score (nSPS) is 11.1. The number of aryl methyl sites for hydroxylation is 2. The maximum Gasteiger partial charge on any atom is 0.259 e. The summed E-state index contributed by atoms with van der Waals surface area (Å²) in [5.74, 6) is -0.689. The van der Waals surface area contributed by atoms with Gasteiger partial charge in [0.15, 0.2) is 0 Å². The van der Waals surface area contributed by atoms with Crippen molar-refractivity contribution in [2.24, 2.45) is 5.73 Å². The van der Waals surface area contributed by atoms with Gasteiger partial charge < -0.3 is 5.73 Å². The van der Waals surface area contributed by atoms with Crippen LogP contribution in [-0.4, -0.2) is 5.91 Å². The number of nitrogens with two attached hydrogens (primary N) is 1. The predicted octanol–water partition coefficient (Wildman–Crippen LogP) is 2.31. The van der Waals surface area contributed by atoms with Gasteiger partial charge in [-0.15, -0.1) is 0 Å². The van der Waals surface area contributed by atoms with Crippen LogP contribution in [0.15, 0.2) is 11.6 Å². The summed E-state index contributed by atoms with van der Waals surface area (Å²) in [6.45, 7) is 7.97. The van der Waals surface area contributed by atoms with E-state index in [4.69, 9.17) is 11.0 Å². The summed E-state index contributed by atoms with van der Waals surface area (Å²) in [5, 5.41) is 8.86. The Morgan fingerprint density at radius 3 is 2.06 bits per heavy atom. The smallest absolute Gasteiger partial charge is 0.259 e. The molecule has 0 fully saturated rings. The van der Waals surface area contributed by atoms with E-state index in [1.807, 2.05) is 33.8 Å². The zero-order valence-electron chi connectivity index (χ0n) is 10.6. The van der Waals surface area contributed by atoms with Gasteiger partial charge in [0.05, 0.1) is 0 Å². The van der Waals surface area contributed by atoms with Gasteiger partial charge in [-0.2, -0.15) is 5.26 Å². The zero-order valence-corrected chi connectivity index (χ0v) is 10.6. The molecule has 0 heterocycles. The summed E-state index contributed by atoms with van der Waals surface area (Å²) in [4.78, 5) is 11.1. The molecule has 17 heavy (non-hydrogen) atoms. The second-order valence-electron chi connectivity index (χ2n) is 4.21. The van der Waals surface area contributed by atoms with Crippen LogP contribution in [0.2, 0.25) is 0 Å². The molecule has 3 nitrogen and oxygen atoms in total. The van der Waals surface area contributed by atoms with Gasteiger partial charge in [-0.1, -0.05) is 6.07 Å². The monoisotopic (exact) mass is 228 g/mol. The fourth-order valence-electron chi connectivity index (χ4n) is 1.77. The van der Waals surface area contributed by atoms with Crippen LogP contribution < -0.4 is 5.73 Å². The Hall–Kier alpha value is -2.08. The Morgan fingerprint density at radius 1 is 1.24 bits per heavy atom. The first-order valence-electron chi connectivity index (χ1n) is 5.37. The molecule has 0 aliphatic heterocycles. The van der Waals surface area contributed by atoms with Crippen molar-refractivity contribution >= 4 is 12.0 Å². The number of hydrogen-bond donors (Lipinski definition) is 1. The summed E-state index contributed by atoms with van der Waals surface area (Å²) in [5.41, 5.74) is 10.5. The van der Waals surface area contributed by atoms with Gasteiger partial charge in [0, 0.05) is 0 Å². The van der Waals surface area contributed by atoms with E-state index < -0.39 is 5.91 Å². The van der Waals surface area contributed by atoms with Gasteiger partial charge in [0.1, 0.15) is 11.6 Å². The van der Waals surface area contributed by atoms with Gasteiger partial charge >= 0.3 is 0 Å². The molecule has 0 spiro atoms. The molecule has 0 aromatic heterocycles. The van der Waals surface area contributed by atoms with E-state index >= 15 is 0 Å². The number of nitrogens with zero attached hydrogens (tertiary/aromatic N) is 1. The molecular weight excluding hydrogens is 212 g/mol. The first kappa shape index (κ1) is 13.0. The molecule has 1 rings (SSSR count). The van der Waals surface area contributed by atoms with Crippen LogP contribution in [0.3, 0.4) is 0 Å². The number of carbonyl (C=O) groups excluding carboxylic acids is 1. The molecule has 0 radical (unpaired) electrons. The van der Waals surface area contributed by atoms with E-state index in [9.17, 15) is 4.79 Å². The first-order chi connectivity index (χ1) is 7.88. The minimum absolute atomic E-state index is 0.0128. The average molecular weight is 228 g/mol. The third-order valence-corrected chi connectivity index (χ3v) is 3.10. The molecule has 0 atom stereocenters. The third-order valence-electron chi connectivity index (χ3n) is 3.10. The maximum atomic E-state index is 11.1. The van der Waals surface area contributed by atoms with Gasteiger partial charge in [0.25, 0.3) is 5.91 Å². The van der Waals surface area contributed by atoms with Crippen LogP contribution >= 0.6 is 0 Å². The summed E-state index contributed by atoms with van der Waals surface area (Å²) in [6.07, 6.45) is 1.58. The van der Waals surface area contributed by atoms with Crippen molar-refractivity contribution in [1.82, 2.24) is 0 Å². The molecule has 1 aromatic carbocycles. The lowest BCUT2D eigenvalue weighted by molar-refractivity contribution is -0.114. The molecule has 88 valence electrons. The molecule has 2 N–H and O–H groups in total. The largest absolute Gasteiger partial charge is 0.365 e. The molecule has 3 heteroatoms. The molecule has 1 aromatic rings. The van der Waals surface area contributed by atoms with Crippen LogP contribution in [0.25, 0.3) is 6.08 Å². The van der Waals surface area contributed by atoms with Crippen LogP contribution in [0.5, 0.6) is 0 Å². The van der Waals surface area contributed by atoms with E-state index in [1.165, 1.54) is 0 Å². The van der Waals surface area contributed by atoms with E-state index in [2.05, 4.69) is 6.07 Å². The minimum Gasteiger partial charge on any atom is -0.365 e. The summed E-state index contributed by atoms with van der Waals surface area (Å²) in [6, 6.07) is 3.93. The van der Waals surface area contributed by atoms with E-state index in [0.29, 0.717) is 0 Å². The molecular formula is C14H16N2O. The number of primary amides is 1. The van der Waals surface area contributed by atoms with Crippen molar-refractivity contribution in [2.45, 2.75) is 27.7 Å². The van der Waals surface area contributed by atoms with Crippen molar-refractivity contribution in [2.75, 3.05) is 0 Å². The second kappa shape index (κ2) is 4.84. The number of rotatable bonds is 2. The van der Waals surface area contributed by atoms with E-state index in [-0.39, 0.29) is 5.57 Å². The van der Waals surface area contributed by atoms with Crippen molar-refractivity contribution in [3.8, 4) is 6.07 Å². The average Bonchev–Trinajstić information content (AvgIpc) is 2.26. The Labute approximate surface area is 102 Å². The summed E-state index contributed by atoms with van der Waals surface area (Å²) >= 11 is 0. The van der Waals surface area contributed by atoms with Crippen LogP contribution in [0.4, 0.5) is 0 Å². The SMILES string of the molecule is Cc1cc(C)c(C)c(C=C(C#N)C(N)=O)c1C. The lowest BCUT2D eigenvalue weighted by Gasteiger charge is -2.12. The lowest BCUT2D eigenvalue weighted by Crippen LogP contribution is -2.12. The van der Waals surface area contributed by atoms with Crippen LogP contribution in [0, 0.1) is 39.0 Å². The first-order valence-corrected chi connectivity index (χ1v) is 5.37. The highest BCUT2D eigenvalue weighted by molar-refractivity contribution is 6.01. The highest BCUT2D eigenvalue weighted by atomic mass is 16.1. The highest BCUT2D eigenvalue weighted by Gasteiger charge is 2.10. The van der Waals surface area contributed by atoms with Gasteiger partial charge in [-0.3, -0.25) is 4.79 Å². The Balaban J connectivity index is 3.53. The molecule has 0 aliphatic carbocycles.